The predicted molar refractivity (Wildman–Crippen MR) is 42.9 cm³/mol. The van der Waals surface area contributed by atoms with E-state index in [0.717, 1.165) is 0 Å². The molecule has 0 aliphatic heterocycles. The fraction of sp³-hybridized carbons (Fsp3) is 0.857. The fourth-order valence-electron chi connectivity index (χ4n) is 0.395. The summed E-state index contributed by atoms with van der Waals surface area (Å²) in [7, 11) is 1.72. The molecule has 0 saturated heterocycles. The third kappa shape index (κ3) is 4.75. The molecule has 0 spiro atoms. The van der Waals surface area contributed by atoms with E-state index in [4.69, 9.17) is 4.84 Å². The molecule has 0 aromatic heterocycles. The Balaban J connectivity index is 3.52. The number of nitrogens with one attached hydrogen (secondary N) is 2. The van der Waals surface area contributed by atoms with Crippen LogP contribution in [0.2, 0.25) is 0 Å². The first-order valence-electron chi connectivity index (χ1n) is 3.70. The van der Waals surface area contributed by atoms with Gasteiger partial charge in [0.1, 0.15) is 0 Å². The van der Waals surface area contributed by atoms with Crippen LogP contribution in [0, 0.1) is 0 Å². The molecular weight excluding hydrogens is 144 g/mol. The van der Waals surface area contributed by atoms with Crippen molar-refractivity contribution in [2.45, 2.75) is 32.9 Å². The van der Waals surface area contributed by atoms with Gasteiger partial charge in [-0.1, -0.05) is 0 Å². The average molecular weight is 160 g/mol. The van der Waals surface area contributed by atoms with Gasteiger partial charge in [0, 0.05) is 0 Å². The maximum Gasteiger partial charge on any atom is 0.260 e. The Kier molecular flexibility index (Phi) is 4.81. The van der Waals surface area contributed by atoms with E-state index >= 15 is 0 Å². The highest BCUT2D eigenvalue weighted by molar-refractivity contribution is 5.80. The van der Waals surface area contributed by atoms with Gasteiger partial charge in [0.05, 0.1) is 12.1 Å². The fourth-order valence-corrected chi connectivity index (χ4v) is 0.395. The van der Waals surface area contributed by atoms with Crippen molar-refractivity contribution in [1.82, 2.24) is 10.8 Å². The standard InChI is InChI=1S/C7H16N2O2/c1-5(2)11-9-7(10)6(3)8-4/h5-6,8H,1-4H3,(H,9,10)/t6-/m0/s1. The van der Waals surface area contributed by atoms with Crippen molar-refractivity contribution in [3.05, 3.63) is 0 Å². The van der Waals surface area contributed by atoms with Crippen LogP contribution in [-0.2, 0) is 9.63 Å². The Bertz CT molecular complexity index is 126. The summed E-state index contributed by atoms with van der Waals surface area (Å²) in [5.41, 5.74) is 2.33. The van der Waals surface area contributed by atoms with Gasteiger partial charge in [-0.2, -0.15) is 0 Å². The van der Waals surface area contributed by atoms with Crippen LogP contribution in [0.4, 0.5) is 0 Å². The van der Waals surface area contributed by atoms with Crippen LogP contribution < -0.4 is 10.8 Å². The van der Waals surface area contributed by atoms with E-state index in [0.29, 0.717) is 0 Å². The average Bonchev–Trinajstić information content (AvgIpc) is 1.98. The van der Waals surface area contributed by atoms with Crippen molar-refractivity contribution in [3.63, 3.8) is 0 Å². The molecule has 0 aromatic carbocycles. The molecule has 0 rings (SSSR count). The van der Waals surface area contributed by atoms with Gasteiger partial charge >= 0.3 is 0 Å². The van der Waals surface area contributed by atoms with Gasteiger partial charge in [-0.15, -0.1) is 0 Å². The highest BCUT2D eigenvalue weighted by Crippen LogP contribution is 1.84. The number of amides is 1. The second-order valence-electron chi connectivity index (χ2n) is 2.64. The van der Waals surface area contributed by atoms with E-state index in [1.54, 1.807) is 14.0 Å². The lowest BCUT2D eigenvalue weighted by Crippen LogP contribution is -2.41. The molecule has 4 nitrogen and oxygen atoms in total. The first-order valence-corrected chi connectivity index (χ1v) is 3.70. The molecule has 4 heteroatoms. The molecule has 0 heterocycles. The van der Waals surface area contributed by atoms with Crippen LogP contribution in [0.25, 0.3) is 0 Å². The Morgan fingerprint density at radius 1 is 1.36 bits per heavy atom. The summed E-state index contributed by atoms with van der Waals surface area (Å²) in [6.45, 7) is 5.47. The number of hydrogen-bond acceptors (Lipinski definition) is 3. The number of hydrogen-bond donors (Lipinski definition) is 2. The van der Waals surface area contributed by atoms with Gasteiger partial charge in [0.2, 0.25) is 0 Å². The zero-order valence-corrected chi connectivity index (χ0v) is 7.47. The molecule has 1 atom stereocenters. The summed E-state index contributed by atoms with van der Waals surface area (Å²) in [6, 6.07) is -0.214. The van der Waals surface area contributed by atoms with E-state index in [2.05, 4.69) is 10.8 Å². The lowest BCUT2D eigenvalue weighted by molar-refractivity contribution is -0.138. The second kappa shape index (κ2) is 5.09. The molecule has 0 aromatic rings. The lowest BCUT2D eigenvalue weighted by Gasteiger charge is -2.12. The highest BCUT2D eigenvalue weighted by atomic mass is 16.7. The van der Waals surface area contributed by atoms with E-state index in [1.165, 1.54) is 0 Å². The minimum absolute atomic E-state index is 0.0167. The monoisotopic (exact) mass is 160 g/mol. The number of hydroxylamine groups is 1. The quantitative estimate of drug-likeness (QED) is 0.571. The molecule has 11 heavy (non-hydrogen) atoms. The van der Waals surface area contributed by atoms with E-state index in [9.17, 15) is 4.79 Å². The Morgan fingerprint density at radius 3 is 2.27 bits per heavy atom. The molecule has 66 valence electrons. The number of likely N-dealkylation sites (N-methyl/N-ethyl adjacent to an activating group) is 1. The summed E-state index contributed by atoms with van der Waals surface area (Å²) in [6.07, 6.45) is 0.0167. The maximum absolute atomic E-state index is 11.0. The molecule has 1 amide bonds. The molecule has 0 saturated carbocycles. The molecule has 0 fully saturated rings. The third-order valence-corrected chi connectivity index (χ3v) is 1.22. The van der Waals surface area contributed by atoms with E-state index < -0.39 is 0 Å². The van der Waals surface area contributed by atoms with Gasteiger partial charge in [0.15, 0.2) is 0 Å². The number of carbonyl (C=O) groups excluding carboxylic acids is 1. The summed E-state index contributed by atoms with van der Waals surface area (Å²) in [5.74, 6) is -0.152. The summed E-state index contributed by atoms with van der Waals surface area (Å²) in [5, 5.41) is 2.80. The van der Waals surface area contributed by atoms with Crippen LogP contribution in [-0.4, -0.2) is 25.1 Å². The number of rotatable bonds is 4. The third-order valence-electron chi connectivity index (χ3n) is 1.22. The van der Waals surface area contributed by atoms with Crippen LogP contribution in [0.5, 0.6) is 0 Å². The van der Waals surface area contributed by atoms with E-state index in [1.807, 2.05) is 13.8 Å². The van der Waals surface area contributed by atoms with Gasteiger partial charge in [-0.3, -0.25) is 9.63 Å². The van der Waals surface area contributed by atoms with Crippen molar-refractivity contribution in [2.75, 3.05) is 7.05 Å². The SMILES string of the molecule is CN[C@@H](C)C(=O)NOC(C)C. The minimum Gasteiger partial charge on any atom is -0.309 e. The van der Waals surface area contributed by atoms with Crippen molar-refractivity contribution in [3.8, 4) is 0 Å². The topological polar surface area (TPSA) is 50.4 Å². The lowest BCUT2D eigenvalue weighted by atomic mass is 10.3. The Labute approximate surface area is 67.3 Å². The smallest absolute Gasteiger partial charge is 0.260 e. The Hall–Kier alpha value is -0.610. The number of carbonyl (C=O) groups is 1. The molecular formula is C7H16N2O2. The summed E-state index contributed by atoms with van der Waals surface area (Å²) >= 11 is 0. The van der Waals surface area contributed by atoms with E-state index in [-0.39, 0.29) is 18.1 Å². The predicted octanol–water partition coefficient (Wildman–Crippen LogP) is 0.0505. The molecule has 0 aliphatic carbocycles. The first-order chi connectivity index (χ1) is 5.07. The van der Waals surface area contributed by atoms with Crippen molar-refractivity contribution in [1.29, 1.82) is 0 Å². The minimum atomic E-state index is -0.214. The van der Waals surface area contributed by atoms with Crippen LogP contribution >= 0.6 is 0 Å². The largest absolute Gasteiger partial charge is 0.309 e. The normalized spacial score (nSPS) is 13.2. The van der Waals surface area contributed by atoms with Crippen molar-refractivity contribution < 1.29 is 9.63 Å². The second-order valence-corrected chi connectivity index (χ2v) is 2.64. The zero-order chi connectivity index (χ0) is 8.85. The summed E-state index contributed by atoms with van der Waals surface area (Å²) in [4.78, 5) is 15.9. The first kappa shape index (κ1) is 10.4. The molecule has 0 bridgehead atoms. The molecule has 0 aliphatic rings. The van der Waals surface area contributed by atoms with Crippen LogP contribution in [0.15, 0.2) is 0 Å². The van der Waals surface area contributed by atoms with Crippen molar-refractivity contribution >= 4 is 5.91 Å². The van der Waals surface area contributed by atoms with Gasteiger partial charge in [0.25, 0.3) is 5.91 Å². The van der Waals surface area contributed by atoms with Gasteiger partial charge in [-0.25, -0.2) is 5.48 Å². The summed E-state index contributed by atoms with van der Waals surface area (Å²) < 4.78 is 0. The Morgan fingerprint density at radius 2 is 1.91 bits per heavy atom. The molecule has 0 unspecified atom stereocenters. The molecule has 0 radical (unpaired) electrons. The van der Waals surface area contributed by atoms with Gasteiger partial charge in [-0.05, 0) is 27.8 Å². The highest BCUT2D eigenvalue weighted by Gasteiger charge is 2.09. The van der Waals surface area contributed by atoms with Crippen LogP contribution in [0.3, 0.4) is 0 Å². The zero-order valence-electron chi connectivity index (χ0n) is 7.47. The van der Waals surface area contributed by atoms with Crippen molar-refractivity contribution in [2.24, 2.45) is 0 Å². The van der Waals surface area contributed by atoms with Crippen LogP contribution in [0.1, 0.15) is 20.8 Å². The molecule has 2 N–H and O–H groups in total. The maximum atomic E-state index is 11.0. The van der Waals surface area contributed by atoms with Gasteiger partial charge < -0.3 is 5.32 Å².